The van der Waals surface area contributed by atoms with Crippen LogP contribution in [0.5, 0.6) is 0 Å². The third-order valence-electron chi connectivity index (χ3n) is 2.71. The molecule has 1 fully saturated rings. The van der Waals surface area contributed by atoms with Crippen LogP contribution in [-0.2, 0) is 14.3 Å². The van der Waals surface area contributed by atoms with E-state index in [2.05, 4.69) is 5.32 Å². The van der Waals surface area contributed by atoms with Crippen molar-refractivity contribution in [3.63, 3.8) is 0 Å². The van der Waals surface area contributed by atoms with Crippen molar-refractivity contribution in [3.8, 4) is 0 Å². The maximum Gasteiger partial charge on any atom is 0.245 e. The summed E-state index contributed by atoms with van der Waals surface area (Å²) in [5.74, 6) is -0.0926. The number of carbonyl (C=O) groups is 2. The van der Waals surface area contributed by atoms with Gasteiger partial charge in [0.2, 0.25) is 11.8 Å². The van der Waals surface area contributed by atoms with E-state index in [9.17, 15) is 9.59 Å². The molecule has 5 nitrogen and oxygen atoms in total. The van der Waals surface area contributed by atoms with E-state index in [1.165, 1.54) is 0 Å². The Labute approximate surface area is 96.1 Å². The van der Waals surface area contributed by atoms with Gasteiger partial charge in [0.25, 0.3) is 0 Å². The molecule has 1 heterocycles. The summed E-state index contributed by atoms with van der Waals surface area (Å²) in [5.41, 5.74) is 0. The number of rotatable bonds is 4. The second-order valence-corrected chi connectivity index (χ2v) is 4.08. The van der Waals surface area contributed by atoms with Crippen molar-refractivity contribution < 1.29 is 14.3 Å². The monoisotopic (exact) mass is 228 g/mol. The maximum absolute atomic E-state index is 12.0. The minimum absolute atomic E-state index is 0.0163. The molecule has 0 radical (unpaired) electrons. The molecule has 0 spiro atoms. The van der Waals surface area contributed by atoms with Gasteiger partial charge >= 0.3 is 0 Å². The van der Waals surface area contributed by atoms with Crippen LogP contribution in [0.15, 0.2) is 0 Å². The van der Waals surface area contributed by atoms with Gasteiger partial charge in [-0.2, -0.15) is 0 Å². The zero-order valence-corrected chi connectivity index (χ0v) is 10.2. The predicted molar refractivity (Wildman–Crippen MR) is 59.9 cm³/mol. The Morgan fingerprint density at radius 1 is 1.56 bits per heavy atom. The molecule has 1 aliphatic rings. The molecule has 1 aliphatic heterocycles. The molecule has 2 atom stereocenters. The summed E-state index contributed by atoms with van der Waals surface area (Å²) < 4.78 is 5.30. The summed E-state index contributed by atoms with van der Waals surface area (Å²) in [6.07, 6.45) is 0.368. The van der Waals surface area contributed by atoms with Crippen molar-refractivity contribution in [2.45, 2.75) is 39.3 Å². The highest BCUT2D eigenvalue weighted by atomic mass is 16.5. The molecule has 1 N–H and O–H groups in total. The number of nitrogens with one attached hydrogen (secondary N) is 1. The van der Waals surface area contributed by atoms with E-state index in [1.54, 1.807) is 11.8 Å². The first-order valence-corrected chi connectivity index (χ1v) is 5.73. The molecule has 1 saturated heterocycles. The van der Waals surface area contributed by atoms with E-state index in [0.717, 1.165) is 0 Å². The summed E-state index contributed by atoms with van der Waals surface area (Å²) >= 11 is 0. The zero-order valence-electron chi connectivity index (χ0n) is 10.2. The SMILES string of the molecule is CCOCC(C)N1CCC(=O)NC(C)C1=O. The Balaban J connectivity index is 2.62. The molecular formula is C11H20N2O3. The summed E-state index contributed by atoms with van der Waals surface area (Å²) in [6.45, 7) is 7.21. The van der Waals surface area contributed by atoms with Gasteiger partial charge in [0.1, 0.15) is 6.04 Å². The first kappa shape index (κ1) is 13.0. The van der Waals surface area contributed by atoms with Gasteiger partial charge < -0.3 is 15.0 Å². The fourth-order valence-corrected chi connectivity index (χ4v) is 1.77. The molecule has 0 aromatic carbocycles. The first-order chi connectivity index (χ1) is 7.56. The predicted octanol–water partition coefficient (Wildman–Crippen LogP) is 0.148. The van der Waals surface area contributed by atoms with Crippen molar-refractivity contribution in [1.29, 1.82) is 0 Å². The van der Waals surface area contributed by atoms with Crippen LogP contribution in [0.3, 0.4) is 0 Å². The third kappa shape index (κ3) is 3.20. The topological polar surface area (TPSA) is 58.6 Å². The minimum atomic E-state index is -0.431. The lowest BCUT2D eigenvalue weighted by atomic mass is 10.2. The summed E-state index contributed by atoms with van der Waals surface area (Å²) in [4.78, 5) is 25.0. The van der Waals surface area contributed by atoms with Crippen molar-refractivity contribution in [3.05, 3.63) is 0 Å². The highest BCUT2D eigenvalue weighted by Crippen LogP contribution is 2.08. The average Bonchev–Trinajstić information content (AvgIpc) is 2.36. The van der Waals surface area contributed by atoms with Crippen LogP contribution in [0.4, 0.5) is 0 Å². The standard InChI is InChI=1S/C11H20N2O3/c1-4-16-7-8(2)13-6-5-10(14)12-9(3)11(13)15/h8-9H,4-7H2,1-3H3,(H,12,14). The van der Waals surface area contributed by atoms with Gasteiger partial charge in [-0.05, 0) is 20.8 Å². The molecule has 92 valence electrons. The third-order valence-corrected chi connectivity index (χ3v) is 2.71. The number of nitrogens with zero attached hydrogens (tertiary/aromatic N) is 1. The van der Waals surface area contributed by atoms with Crippen molar-refractivity contribution >= 4 is 11.8 Å². The summed E-state index contributed by atoms with van der Waals surface area (Å²) in [7, 11) is 0. The van der Waals surface area contributed by atoms with Crippen molar-refractivity contribution in [2.24, 2.45) is 0 Å². The van der Waals surface area contributed by atoms with E-state index >= 15 is 0 Å². The quantitative estimate of drug-likeness (QED) is 0.745. The van der Waals surface area contributed by atoms with Gasteiger partial charge in [0, 0.05) is 19.6 Å². The van der Waals surface area contributed by atoms with Crippen LogP contribution in [0.1, 0.15) is 27.2 Å². The van der Waals surface area contributed by atoms with Crippen LogP contribution in [0.25, 0.3) is 0 Å². The highest BCUT2D eigenvalue weighted by molar-refractivity contribution is 5.89. The number of carbonyl (C=O) groups excluding carboxylic acids is 2. The van der Waals surface area contributed by atoms with Crippen LogP contribution < -0.4 is 5.32 Å². The second kappa shape index (κ2) is 5.84. The van der Waals surface area contributed by atoms with Gasteiger partial charge in [-0.1, -0.05) is 0 Å². The number of ether oxygens (including phenoxy) is 1. The van der Waals surface area contributed by atoms with Crippen LogP contribution in [0, 0.1) is 0 Å². The van der Waals surface area contributed by atoms with E-state index in [1.807, 2.05) is 13.8 Å². The second-order valence-electron chi connectivity index (χ2n) is 4.08. The Bertz CT molecular complexity index is 268. The van der Waals surface area contributed by atoms with E-state index in [-0.39, 0.29) is 17.9 Å². The Morgan fingerprint density at radius 3 is 2.88 bits per heavy atom. The summed E-state index contributed by atoms with van der Waals surface area (Å²) in [6, 6.07) is -0.415. The Kier molecular flexibility index (Phi) is 4.73. The number of amides is 2. The largest absolute Gasteiger partial charge is 0.380 e. The Morgan fingerprint density at radius 2 is 2.25 bits per heavy atom. The van der Waals surface area contributed by atoms with Gasteiger partial charge in [-0.25, -0.2) is 0 Å². The maximum atomic E-state index is 12.0. The molecule has 0 bridgehead atoms. The number of hydrogen-bond acceptors (Lipinski definition) is 3. The molecule has 0 aromatic rings. The molecule has 0 saturated carbocycles. The van der Waals surface area contributed by atoms with Crippen molar-refractivity contribution in [2.75, 3.05) is 19.8 Å². The molecule has 16 heavy (non-hydrogen) atoms. The fraction of sp³-hybridized carbons (Fsp3) is 0.818. The van der Waals surface area contributed by atoms with E-state index < -0.39 is 6.04 Å². The molecule has 0 aliphatic carbocycles. The first-order valence-electron chi connectivity index (χ1n) is 5.73. The summed E-state index contributed by atoms with van der Waals surface area (Å²) in [5, 5.41) is 2.66. The van der Waals surface area contributed by atoms with Gasteiger partial charge in [-0.3, -0.25) is 9.59 Å². The van der Waals surface area contributed by atoms with Crippen LogP contribution in [0.2, 0.25) is 0 Å². The van der Waals surface area contributed by atoms with E-state index in [0.29, 0.717) is 26.2 Å². The van der Waals surface area contributed by atoms with Crippen molar-refractivity contribution in [1.82, 2.24) is 10.2 Å². The molecule has 2 amide bonds. The Hall–Kier alpha value is -1.10. The highest BCUT2D eigenvalue weighted by Gasteiger charge is 2.29. The lowest BCUT2D eigenvalue weighted by molar-refractivity contribution is -0.135. The lowest BCUT2D eigenvalue weighted by Crippen LogP contribution is -2.47. The number of hydrogen-bond donors (Lipinski definition) is 1. The average molecular weight is 228 g/mol. The lowest BCUT2D eigenvalue weighted by Gasteiger charge is -2.28. The van der Waals surface area contributed by atoms with Gasteiger partial charge in [0.15, 0.2) is 0 Å². The molecular weight excluding hydrogens is 208 g/mol. The molecule has 0 aromatic heterocycles. The normalized spacial score (nSPS) is 23.9. The van der Waals surface area contributed by atoms with Gasteiger partial charge in [-0.15, -0.1) is 0 Å². The fourth-order valence-electron chi connectivity index (χ4n) is 1.77. The van der Waals surface area contributed by atoms with Crippen LogP contribution >= 0.6 is 0 Å². The minimum Gasteiger partial charge on any atom is -0.380 e. The van der Waals surface area contributed by atoms with Crippen LogP contribution in [-0.4, -0.2) is 48.6 Å². The van der Waals surface area contributed by atoms with E-state index in [4.69, 9.17) is 4.74 Å². The zero-order chi connectivity index (χ0) is 12.1. The van der Waals surface area contributed by atoms with Gasteiger partial charge in [0.05, 0.1) is 12.6 Å². The molecule has 1 rings (SSSR count). The smallest absolute Gasteiger partial charge is 0.245 e. The molecule has 2 unspecified atom stereocenters. The molecule has 5 heteroatoms.